The summed E-state index contributed by atoms with van der Waals surface area (Å²) >= 11 is 0. The van der Waals surface area contributed by atoms with Crippen LogP contribution in [-0.2, 0) is 4.79 Å². The lowest BCUT2D eigenvalue weighted by molar-refractivity contribution is -0.136. The number of aliphatic carboxylic acids is 1. The van der Waals surface area contributed by atoms with Crippen molar-refractivity contribution in [3.05, 3.63) is 29.8 Å². The fourth-order valence-electron chi connectivity index (χ4n) is 1.78. The number of amides is 1. The van der Waals surface area contributed by atoms with E-state index in [9.17, 15) is 9.59 Å². The lowest BCUT2D eigenvalue weighted by atomic mass is 10.1. The highest BCUT2D eigenvalue weighted by atomic mass is 16.4. The lowest BCUT2D eigenvalue weighted by Gasteiger charge is -2.19. The number of hydrogen-bond donors (Lipinski definition) is 2. The number of hydrogen-bond acceptors (Lipinski definition) is 3. The Labute approximate surface area is 119 Å². The Morgan fingerprint density at radius 1 is 1.25 bits per heavy atom. The Kier molecular flexibility index (Phi) is 6.56. The Hall–Kier alpha value is -2.04. The molecule has 5 heteroatoms. The van der Waals surface area contributed by atoms with Crippen molar-refractivity contribution < 1.29 is 14.7 Å². The number of nitrogens with one attached hydrogen (secondary N) is 1. The normalized spacial score (nSPS) is 10.1. The molecule has 0 heterocycles. The summed E-state index contributed by atoms with van der Waals surface area (Å²) in [6, 6.07) is 7.32. The molecular formula is C15H22N2O3. The Balaban J connectivity index is 2.52. The zero-order valence-corrected chi connectivity index (χ0v) is 12.1. The molecule has 0 aliphatic carbocycles. The van der Waals surface area contributed by atoms with E-state index in [1.165, 1.54) is 0 Å². The van der Waals surface area contributed by atoms with E-state index in [2.05, 4.69) is 17.1 Å². The molecule has 0 saturated carbocycles. The molecule has 20 heavy (non-hydrogen) atoms. The smallest absolute Gasteiger partial charge is 0.305 e. The fraction of sp³-hybridized carbons (Fsp3) is 0.467. The van der Waals surface area contributed by atoms with Crippen LogP contribution < -0.4 is 10.2 Å². The van der Waals surface area contributed by atoms with Gasteiger partial charge in [0, 0.05) is 31.4 Å². The van der Waals surface area contributed by atoms with E-state index >= 15 is 0 Å². The summed E-state index contributed by atoms with van der Waals surface area (Å²) < 4.78 is 0. The Morgan fingerprint density at radius 2 is 1.90 bits per heavy atom. The van der Waals surface area contributed by atoms with Crippen LogP contribution in [0.15, 0.2) is 24.3 Å². The van der Waals surface area contributed by atoms with Crippen LogP contribution in [0.2, 0.25) is 0 Å². The van der Waals surface area contributed by atoms with Gasteiger partial charge in [-0.2, -0.15) is 0 Å². The number of unbranched alkanes of at least 4 members (excludes halogenated alkanes) is 1. The average molecular weight is 278 g/mol. The maximum atomic E-state index is 11.8. The van der Waals surface area contributed by atoms with Crippen LogP contribution in [0.1, 0.15) is 36.5 Å². The van der Waals surface area contributed by atoms with Gasteiger partial charge in [-0.3, -0.25) is 9.59 Å². The van der Waals surface area contributed by atoms with Crippen LogP contribution >= 0.6 is 0 Å². The second-order valence-electron chi connectivity index (χ2n) is 4.72. The van der Waals surface area contributed by atoms with Crippen molar-refractivity contribution in [2.24, 2.45) is 0 Å². The zero-order chi connectivity index (χ0) is 15.0. The van der Waals surface area contributed by atoms with Crippen LogP contribution in [0.5, 0.6) is 0 Å². The fourth-order valence-corrected chi connectivity index (χ4v) is 1.78. The molecule has 0 spiro atoms. The van der Waals surface area contributed by atoms with Crippen molar-refractivity contribution in [1.82, 2.24) is 5.32 Å². The minimum Gasteiger partial charge on any atom is -0.481 e. The van der Waals surface area contributed by atoms with Crippen LogP contribution in [0.3, 0.4) is 0 Å². The number of carbonyl (C=O) groups is 2. The van der Waals surface area contributed by atoms with E-state index in [0.717, 1.165) is 25.1 Å². The quantitative estimate of drug-likeness (QED) is 0.764. The van der Waals surface area contributed by atoms with Gasteiger partial charge in [0.1, 0.15) is 0 Å². The maximum absolute atomic E-state index is 11.8. The first-order valence-corrected chi connectivity index (χ1v) is 6.85. The third-order valence-electron chi connectivity index (χ3n) is 3.04. The van der Waals surface area contributed by atoms with Gasteiger partial charge < -0.3 is 15.3 Å². The van der Waals surface area contributed by atoms with Gasteiger partial charge in [0.25, 0.3) is 5.91 Å². The number of rotatable bonds is 8. The number of benzene rings is 1. The molecule has 0 atom stereocenters. The summed E-state index contributed by atoms with van der Waals surface area (Å²) in [5.74, 6) is -1.16. The highest BCUT2D eigenvalue weighted by Gasteiger charge is 2.07. The summed E-state index contributed by atoms with van der Waals surface area (Å²) in [4.78, 5) is 24.3. The van der Waals surface area contributed by atoms with Gasteiger partial charge >= 0.3 is 5.97 Å². The molecule has 0 unspecified atom stereocenters. The molecular weight excluding hydrogens is 256 g/mol. The molecule has 1 rings (SSSR count). The second-order valence-corrected chi connectivity index (χ2v) is 4.72. The van der Waals surface area contributed by atoms with E-state index in [1.807, 2.05) is 19.2 Å². The van der Waals surface area contributed by atoms with Gasteiger partial charge in [0.2, 0.25) is 0 Å². The molecule has 1 aromatic carbocycles. The largest absolute Gasteiger partial charge is 0.481 e. The highest BCUT2D eigenvalue weighted by Crippen LogP contribution is 2.14. The number of carbonyl (C=O) groups excluding carboxylic acids is 1. The van der Waals surface area contributed by atoms with E-state index in [1.54, 1.807) is 12.1 Å². The number of nitrogens with zero attached hydrogens (tertiary/aromatic N) is 1. The van der Waals surface area contributed by atoms with E-state index in [-0.39, 0.29) is 18.9 Å². The molecule has 0 fully saturated rings. The van der Waals surface area contributed by atoms with E-state index in [0.29, 0.717) is 5.56 Å². The highest BCUT2D eigenvalue weighted by molar-refractivity contribution is 5.94. The number of carboxylic acids is 1. The average Bonchev–Trinajstić information content (AvgIpc) is 2.44. The van der Waals surface area contributed by atoms with Crippen molar-refractivity contribution in [1.29, 1.82) is 0 Å². The van der Waals surface area contributed by atoms with Gasteiger partial charge in [-0.1, -0.05) is 13.3 Å². The number of anilines is 1. The van der Waals surface area contributed by atoms with Crippen molar-refractivity contribution >= 4 is 17.6 Å². The summed E-state index contributed by atoms with van der Waals surface area (Å²) in [6.07, 6.45) is 2.21. The molecule has 2 N–H and O–H groups in total. The SMILES string of the molecule is CCCCN(C)c1ccc(C(=O)NCCC(=O)O)cc1. The molecule has 0 aromatic heterocycles. The third kappa shape index (κ3) is 5.30. The predicted octanol–water partition coefficient (Wildman–Crippen LogP) is 2.13. The summed E-state index contributed by atoms with van der Waals surface area (Å²) in [7, 11) is 2.03. The summed E-state index contributed by atoms with van der Waals surface area (Å²) in [5.41, 5.74) is 1.61. The van der Waals surface area contributed by atoms with E-state index < -0.39 is 5.97 Å². The first-order valence-electron chi connectivity index (χ1n) is 6.85. The standard InChI is InChI=1S/C15H22N2O3/c1-3-4-11-17(2)13-7-5-12(6-8-13)15(20)16-10-9-14(18)19/h5-8H,3-4,9-11H2,1-2H3,(H,16,20)(H,18,19). The maximum Gasteiger partial charge on any atom is 0.305 e. The lowest BCUT2D eigenvalue weighted by Crippen LogP contribution is -2.26. The van der Waals surface area contributed by atoms with Gasteiger partial charge in [0.15, 0.2) is 0 Å². The summed E-state index contributed by atoms with van der Waals surface area (Å²) in [6.45, 7) is 3.28. The summed E-state index contributed by atoms with van der Waals surface area (Å²) in [5, 5.41) is 11.1. The van der Waals surface area contributed by atoms with Crippen molar-refractivity contribution in [3.8, 4) is 0 Å². The second kappa shape index (κ2) is 8.19. The molecule has 0 bridgehead atoms. The molecule has 1 amide bonds. The van der Waals surface area contributed by atoms with E-state index in [4.69, 9.17) is 5.11 Å². The van der Waals surface area contributed by atoms with Crippen molar-refractivity contribution in [3.63, 3.8) is 0 Å². The molecule has 1 aromatic rings. The number of carboxylic acid groups (broad SMARTS) is 1. The molecule has 0 saturated heterocycles. The Bertz CT molecular complexity index is 443. The van der Waals surface area contributed by atoms with Gasteiger partial charge in [-0.05, 0) is 30.7 Å². The van der Waals surface area contributed by atoms with Crippen LogP contribution in [0.4, 0.5) is 5.69 Å². The van der Waals surface area contributed by atoms with Crippen LogP contribution in [-0.4, -0.2) is 37.1 Å². The van der Waals surface area contributed by atoms with Crippen LogP contribution in [0.25, 0.3) is 0 Å². The molecule has 0 aliphatic rings. The molecule has 5 nitrogen and oxygen atoms in total. The van der Waals surface area contributed by atoms with Crippen LogP contribution in [0, 0.1) is 0 Å². The minimum atomic E-state index is -0.918. The monoisotopic (exact) mass is 278 g/mol. The molecule has 0 aliphatic heterocycles. The van der Waals surface area contributed by atoms with Gasteiger partial charge in [-0.25, -0.2) is 0 Å². The minimum absolute atomic E-state index is 0.0659. The predicted molar refractivity (Wildman–Crippen MR) is 79.2 cm³/mol. The third-order valence-corrected chi connectivity index (χ3v) is 3.04. The molecule has 0 radical (unpaired) electrons. The zero-order valence-electron chi connectivity index (χ0n) is 12.1. The van der Waals surface area contributed by atoms with Crippen molar-refractivity contribution in [2.45, 2.75) is 26.2 Å². The van der Waals surface area contributed by atoms with Crippen molar-refractivity contribution in [2.75, 3.05) is 25.0 Å². The molecule has 110 valence electrons. The first kappa shape index (κ1) is 16.0. The van der Waals surface area contributed by atoms with Gasteiger partial charge in [0.05, 0.1) is 6.42 Å². The topological polar surface area (TPSA) is 69.6 Å². The first-order chi connectivity index (χ1) is 9.54. The Morgan fingerprint density at radius 3 is 2.45 bits per heavy atom. The van der Waals surface area contributed by atoms with Gasteiger partial charge in [-0.15, -0.1) is 0 Å².